The first-order chi connectivity index (χ1) is 12.0. The van der Waals surface area contributed by atoms with Crippen LogP contribution in [0, 0.1) is 12.7 Å². The average Bonchev–Trinajstić information content (AvgIpc) is 2.60. The highest BCUT2D eigenvalue weighted by atomic mass is 19.1. The maximum atomic E-state index is 13.5. The van der Waals surface area contributed by atoms with E-state index < -0.39 is 0 Å². The predicted molar refractivity (Wildman–Crippen MR) is 102 cm³/mol. The molecule has 2 N–H and O–H groups in total. The minimum atomic E-state index is -0.282. The Morgan fingerprint density at radius 3 is 2.48 bits per heavy atom. The van der Waals surface area contributed by atoms with Crippen LogP contribution in [0.3, 0.4) is 0 Å². The molecule has 25 heavy (non-hydrogen) atoms. The van der Waals surface area contributed by atoms with Crippen molar-refractivity contribution in [3.63, 3.8) is 0 Å². The number of carbonyl (C=O) groups excluding carboxylic acids is 1. The second-order valence-corrected chi connectivity index (χ2v) is 5.89. The SMILES string of the molecule is CCN(CC)c1ccc(NC(=O)NCCc2ccccc2F)c(C)c1. The number of halogens is 1. The van der Waals surface area contributed by atoms with Crippen LogP contribution in [0.1, 0.15) is 25.0 Å². The number of urea groups is 1. The minimum Gasteiger partial charge on any atom is -0.372 e. The summed E-state index contributed by atoms with van der Waals surface area (Å²) in [6.07, 6.45) is 0.458. The van der Waals surface area contributed by atoms with Crippen molar-refractivity contribution < 1.29 is 9.18 Å². The first kappa shape index (κ1) is 18.8. The molecule has 0 aliphatic heterocycles. The largest absolute Gasteiger partial charge is 0.372 e. The van der Waals surface area contributed by atoms with Crippen molar-refractivity contribution in [2.45, 2.75) is 27.2 Å². The summed E-state index contributed by atoms with van der Waals surface area (Å²) in [5, 5.41) is 5.62. The number of amides is 2. The van der Waals surface area contributed by atoms with Crippen molar-refractivity contribution in [1.82, 2.24) is 5.32 Å². The van der Waals surface area contributed by atoms with Crippen LogP contribution in [0.5, 0.6) is 0 Å². The van der Waals surface area contributed by atoms with Crippen molar-refractivity contribution in [3.8, 4) is 0 Å². The van der Waals surface area contributed by atoms with Crippen molar-refractivity contribution in [3.05, 3.63) is 59.4 Å². The predicted octanol–water partition coefficient (Wildman–Crippen LogP) is 4.34. The van der Waals surface area contributed by atoms with Crippen LogP contribution in [0.2, 0.25) is 0 Å². The highest BCUT2D eigenvalue weighted by Gasteiger charge is 2.08. The van der Waals surface area contributed by atoms with Crippen LogP contribution in [-0.4, -0.2) is 25.7 Å². The van der Waals surface area contributed by atoms with Gasteiger partial charge in [0, 0.05) is 31.0 Å². The molecule has 0 aliphatic carbocycles. The smallest absolute Gasteiger partial charge is 0.319 e. The molecule has 0 bridgehead atoms. The third-order valence-electron chi connectivity index (χ3n) is 4.22. The van der Waals surface area contributed by atoms with E-state index in [-0.39, 0.29) is 11.8 Å². The summed E-state index contributed by atoms with van der Waals surface area (Å²) in [4.78, 5) is 14.3. The Hall–Kier alpha value is -2.56. The topological polar surface area (TPSA) is 44.4 Å². The van der Waals surface area contributed by atoms with Gasteiger partial charge in [0.15, 0.2) is 0 Å². The fraction of sp³-hybridized carbons (Fsp3) is 0.350. The van der Waals surface area contributed by atoms with E-state index in [0.29, 0.717) is 18.5 Å². The van der Waals surface area contributed by atoms with E-state index in [1.165, 1.54) is 6.07 Å². The monoisotopic (exact) mass is 343 g/mol. The van der Waals surface area contributed by atoms with Gasteiger partial charge in [0.05, 0.1) is 0 Å². The zero-order valence-electron chi connectivity index (χ0n) is 15.1. The summed E-state index contributed by atoms with van der Waals surface area (Å²) in [6.45, 7) is 8.48. The van der Waals surface area contributed by atoms with E-state index in [4.69, 9.17) is 0 Å². The highest BCUT2D eigenvalue weighted by molar-refractivity contribution is 5.90. The second-order valence-electron chi connectivity index (χ2n) is 5.89. The Morgan fingerprint density at radius 1 is 1.12 bits per heavy atom. The zero-order chi connectivity index (χ0) is 18.2. The average molecular weight is 343 g/mol. The molecular weight excluding hydrogens is 317 g/mol. The maximum absolute atomic E-state index is 13.5. The summed E-state index contributed by atoms with van der Waals surface area (Å²) < 4.78 is 13.5. The van der Waals surface area contributed by atoms with Crippen molar-refractivity contribution >= 4 is 17.4 Å². The van der Waals surface area contributed by atoms with Crippen LogP contribution >= 0.6 is 0 Å². The number of anilines is 2. The molecular formula is C20H26FN3O. The molecule has 5 heteroatoms. The molecule has 0 atom stereocenters. The molecule has 0 radical (unpaired) electrons. The van der Waals surface area contributed by atoms with Gasteiger partial charge in [0.1, 0.15) is 5.82 Å². The quantitative estimate of drug-likeness (QED) is 0.785. The number of rotatable bonds is 7. The van der Waals surface area contributed by atoms with E-state index in [1.54, 1.807) is 18.2 Å². The van der Waals surface area contributed by atoms with E-state index in [2.05, 4.69) is 35.4 Å². The lowest BCUT2D eigenvalue weighted by molar-refractivity contribution is 0.252. The molecule has 0 fully saturated rings. The number of hydrogen-bond donors (Lipinski definition) is 2. The van der Waals surface area contributed by atoms with Crippen molar-refractivity contribution in [1.29, 1.82) is 0 Å². The summed E-state index contributed by atoms with van der Waals surface area (Å²) in [6, 6.07) is 12.3. The van der Waals surface area contributed by atoms with Crippen molar-refractivity contribution in [2.75, 3.05) is 29.9 Å². The third kappa shape index (κ3) is 5.21. The Balaban J connectivity index is 1.89. The van der Waals surface area contributed by atoms with Crippen LogP contribution < -0.4 is 15.5 Å². The number of hydrogen-bond acceptors (Lipinski definition) is 2. The highest BCUT2D eigenvalue weighted by Crippen LogP contribution is 2.22. The number of aryl methyl sites for hydroxylation is 1. The lowest BCUT2D eigenvalue weighted by Crippen LogP contribution is -2.31. The Labute approximate surface area is 149 Å². The lowest BCUT2D eigenvalue weighted by Gasteiger charge is -2.22. The first-order valence-corrected chi connectivity index (χ1v) is 8.69. The first-order valence-electron chi connectivity index (χ1n) is 8.69. The van der Waals surface area contributed by atoms with Gasteiger partial charge < -0.3 is 15.5 Å². The lowest BCUT2D eigenvalue weighted by atomic mass is 10.1. The molecule has 2 aromatic carbocycles. The second kappa shape index (κ2) is 9.06. The fourth-order valence-electron chi connectivity index (χ4n) is 2.75. The van der Waals surface area contributed by atoms with Crippen LogP contribution in [0.25, 0.3) is 0 Å². The number of benzene rings is 2. The molecule has 2 amide bonds. The number of nitrogens with zero attached hydrogens (tertiary/aromatic N) is 1. The summed E-state index contributed by atoms with van der Waals surface area (Å²) in [5.41, 5.74) is 3.53. The number of nitrogens with one attached hydrogen (secondary N) is 2. The summed E-state index contributed by atoms with van der Waals surface area (Å²) >= 11 is 0. The van der Waals surface area contributed by atoms with Gasteiger partial charge in [-0.1, -0.05) is 18.2 Å². The molecule has 0 saturated carbocycles. The molecule has 0 heterocycles. The molecule has 0 aromatic heterocycles. The van der Waals surface area contributed by atoms with E-state index in [1.807, 2.05) is 19.1 Å². The number of carbonyl (C=O) groups is 1. The summed E-state index contributed by atoms with van der Waals surface area (Å²) in [5.74, 6) is -0.243. The van der Waals surface area contributed by atoms with E-state index in [9.17, 15) is 9.18 Å². The van der Waals surface area contributed by atoms with Gasteiger partial charge >= 0.3 is 6.03 Å². The Morgan fingerprint density at radius 2 is 1.84 bits per heavy atom. The van der Waals surface area contributed by atoms with E-state index >= 15 is 0 Å². The molecule has 2 rings (SSSR count). The molecule has 0 aliphatic rings. The van der Waals surface area contributed by atoms with Gasteiger partial charge in [-0.25, -0.2) is 9.18 Å². The van der Waals surface area contributed by atoms with Gasteiger partial charge in [-0.3, -0.25) is 0 Å². The Bertz CT molecular complexity index is 714. The van der Waals surface area contributed by atoms with Crippen LogP contribution in [0.15, 0.2) is 42.5 Å². The zero-order valence-corrected chi connectivity index (χ0v) is 15.1. The van der Waals surface area contributed by atoms with Crippen molar-refractivity contribution in [2.24, 2.45) is 0 Å². The molecule has 4 nitrogen and oxygen atoms in total. The van der Waals surface area contributed by atoms with Gasteiger partial charge in [0.25, 0.3) is 0 Å². The van der Waals surface area contributed by atoms with Crippen LogP contribution in [0.4, 0.5) is 20.6 Å². The van der Waals surface area contributed by atoms with Crippen LogP contribution in [-0.2, 0) is 6.42 Å². The molecule has 0 saturated heterocycles. The molecule has 0 unspecified atom stereocenters. The fourth-order valence-corrected chi connectivity index (χ4v) is 2.75. The Kier molecular flexibility index (Phi) is 6.81. The molecule has 134 valence electrons. The van der Waals surface area contributed by atoms with Gasteiger partial charge in [-0.05, 0) is 62.6 Å². The van der Waals surface area contributed by atoms with E-state index in [0.717, 1.165) is 30.0 Å². The van der Waals surface area contributed by atoms with Gasteiger partial charge in [-0.15, -0.1) is 0 Å². The molecule has 0 spiro atoms. The standard InChI is InChI=1S/C20H26FN3O/c1-4-24(5-2)17-10-11-19(15(3)14-17)23-20(25)22-13-12-16-8-6-7-9-18(16)21/h6-11,14H,4-5,12-13H2,1-3H3,(H2,22,23,25). The van der Waals surface area contributed by atoms with Gasteiger partial charge in [-0.2, -0.15) is 0 Å². The normalized spacial score (nSPS) is 10.4. The third-order valence-corrected chi connectivity index (χ3v) is 4.22. The maximum Gasteiger partial charge on any atom is 0.319 e. The molecule has 2 aromatic rings. The van der Waals surface area contributed by atoms with Gasteiger partial charge in [0.2, 0.25) is 0 Å². The minimum absolute atomic E-state index is 0.243. The summed E-state index contributed by atoms with van der Waals surface area (Å²) in [7, 11) is 0.